The van der Waals surface area contributed by atoms with Crippen molar-refractivity contribution >= 4 is 38.2 Å². The number of thiazole rings is 1. The van der Waals surface area contributed by atoms with E-state index >= 15 is 0 Å². The molecular formula is C26H17BrN2O3S. The van der Waals surface area contributed by atoms with Crippen molar-refractivity contribution in [3.63, 3.8) is 0 Å². The van der Waals surface area contributed by atoms with Gasteiger partial charge < -0.3 is 14.5 Å². The number of anilines is 1. The Kier molecular flexibility index (Phi) is 6.06. The number of aromatic nitrogens is 1. The van der Waals surface area contributed by atoms with Crippen LogP contribution in [0.15, 0.2) is 106 Å². The van der Waals surface area contributed by atoms with Crippen molar-refractivity contribution in [1.29, 1.82) is 0 Å². The van der Waals surface area contributed by atoms with E-state index in [-0.39, 0.29) is 11.7 Å². The lowest BCUT2D eigenvalue weighted by Crippen LogP contribution is -2.10. The summed E-state index contributed by atoms with van der Waals surface area (Å²) in [6, 6.07) is 28.5. The van der Waals surface area contributed by atoms with Gasteiger partial charge in [-0.3, -0.25) is 4.79 Å². The highest BCUT2D eigenvalue weighted by atomic mass is 79.9. The van der Waals surface area contributed by atoms with Crippen molar-refractivity contribution in [2.24, 2.45) is 0 Å². The molecule has 0 spiro atoms. The second-order valence-electron chi connectivity index (χ2n) is 7.07. The van der Waals surface area contributed by atoms with Crippen LogP contribution in [0.3, 0.4) is 0 Å². The van der Waals surface area contributed by atoms with Gasteiger partial charge in [0.1, 0.15) is 27.2 Å². The Morgan fingerprint density at radius 3 is 2.21 bits per heavy atom. The van der Waals surface area contributed by atoms with Crippen molar-refractivity contribution in [2.75, 3.05) is 5.32 Å². The number of carbonyl (C=O) groups excluding carboxylic acids is 1. The van der Waals surface area contributed by atoms with Gasteiger partial charge in [-0.1, -0.05) is 57.6 Å². The van der Waals surface area contributed by atoms with Crippen LogP contribution < -0.4 is 10.1 Å². The number of carbonyl (C=O) groups is 1. The number of nitrogens with zero attached hydrogens (tertiary/aromatic N) is 1. The Hall–Kier alpha value is -3.68. The molecule has 0 saturated carbocycles. The number of furan rings is 1. The number of benzene rings is 3. The number of nitrogens with one attached hydrogen (secondary N) is 1. The summed E-state index contributed by atoms with van der Waals surface area (Å²) in [5.41, 5.74) is 2.56. The summed E-state index contributed by atoms with van der Waals surface area (Å²) in [4.78, 5) is 17.4. The predicted molar refractivity (Wildman–Crippen MR) is 134 cm³/mol. The number of halogens is 1. The molecule has 5 aromatic rings. The average molecular weight is 517 g/mol. The molecular weight excluding hydrogens is 500 g/mol. The molecule has 162 valence electrons. The maximum atomic E-state index is 12.6. The van der Waals surface area contributed by atoms with Crippen LogP contribution in [0.1, 0.15) is 10.6 Å². The molecule has 0 bridgehead atoms. The molecule has 5 nitrogen and oxygen atoms in total. The lowest BCUT2D eigenvalue weighted by atomic mass is 10.1. The standard InChI is InChI=1S/C26H17BrN2O3S/c27-19-10-14-21(15-11-19)32-20-12-8-18(9-13-20)25-28-23(17-5-2-1-3-6-17)26(33-25)29-24(30)22-7-4-16-31-22/h1-16H,(H,29,30). The van der Waals surface area contributed by atoms with Gasteiger partial charge in [0.15, 0.2) is 5.76 Å². The maximum Gasteiger partial charge on any atom is 0.292 e. The zero-order valence-corrected chi connectivity index (χ0v) is 19.6. The minimum absolute atomic E-state index is 0.249. The molecule has 0 aliphatic rings. The third-order valence-corrected chi connectivity index (χ3v) is 6.35. The van der Waals surface area contributed by atoms with Gasteiger partial charge in [0.2, 0.25) is 0 Å². The first-order chi connectivity index (χ1) is 16.2. The summed E-state index contributed by atoms with van der Waals surface area (Å²) in [5.74, 6) is 1.42. The molecule has 1 amide bonds. The van der Waals surface area contributed by atoms with Gasteiger partial charge in [-0.2, -0.15) is 0 Å². The lowest BCUT2D eigenvalue weighted by Gasteiger charge is -2.06. The number of amides is 1. The summed E-state index contributed by atoms with van der Waals surface area (Å²) in [7, 11) is 0. The van der Waals surface area contributed by atoms with Crippen LogP contribution in [0.4, 0.5) is 5.00 Å². The van der Waals surface area contributed by atoms with E-state index in [2.05, 4.69) is 21.2 Å². The quantitative estimate of drug-likeness (QED) is 0.249. The lowest BCUT2D eigenvalue weighted by molar-refractivity contribution is 0.0997. The Morgan fingerprint density at radius 1 is 0.848 bits per heavy atom. The Balaban J connectivity index is 1.43. The van der Waals surface area contributed by atoms with Crippen LogP contribution in [0.2, 0.25) is 0 Å². The molecule has 2 heterocycles. The van der Waals surface area contributed by atoms with E-state index in [9.17, 15) is 4.79 Å². The van der Waals surface area contributed by atoms with Crippen LogP contribution in [-0.2, 0) is 0 Å². The van der Waals surface area contributed by atoms with Gasteiger partial charge in [0.05, 0.1) is 6.26 Å². The molecule has 0 fully saturated rings. The van der Waals surface area contributed by atoms with Crippen LogP contribution >= 0.6 is 27.3 Å². The third kappa shape index (κ3) is 4.89. The molecule has 0 atom stereocenters. The number of hydrogen-bond acceptors (Lipinski definition) is 5. The van der Waals surface area contributed by atoms with E-state index in [1.807, 2.05) is 78.9 Å². The van der Waals surface area contributed by atoms with E-state index in [0.29, 0.717) is 10.7 Å². The zero-order chi connectivity index (χ0) is 22.6. The summed E-state index contributed by atoms with van der Waals surface area (Å²) in [5, 5.41) is 4.40. The van der Waals surface area contributed by atoms with Gasteiger partial charge in [0.25, 0.3) is 5.91 Å². The summed E-state index contributed by atoms with van der Waals surface area (Å²) < 4.78 is 12.1. The highest BCUT2D eigenvalue weighted by Crippen LogP contribution is 2.38. The van der Waals surface area contributed by atoms with Crippen LogP contribution in [0, 0.1) is 0 Å². The molecule has 0 aliphatic carbocycles. The molecule has 2 aromatic heterocycles. The molecule has 1 N–H and O–H groups in total. The third-order valence-electron chi connectivity index (χ3n) is 4.80. The monoisotopic (exact) mass is 516 g/mol. The van der Waals surface area contributed by atoms with Crippen LogP contribution in [-0.4, -0.2) is 10.9 Å². The first kappa shape index (κ1) is 21.2. The molecule has 7 heteroatoms. The second kappa shape index (κ2) is 9.44. The smallest absolute Gasteiger partial charge is 0.292 e. The molecule has 0 aliphatic heterocycles. The fourth-order valence-electron chi connectivity index (χ4n) is 3.20. The minimum Gasteiger partial charge on any atom is -0.459 e. The van der Waals surface area contributed by atoms with Crippen molar-refractivity contribution < 1.29 is 13.9 Å². The van der Waals surface area contributed by atoms with Gasteiger partial charge in [-0.25, -0.2) is 4.98 Å². The van der Waals surface area contributed by atoms with Crippen molar-refractivity contribution in [3.05, 3.63) is 107 Å². The molecule has 0 saturated heterocycles. The van der Waals surface area contributed by atoms with E-state index in [1.54, 1.807) is 12.1 Å². The molecule has 0 radical (unpaired) electrons. The Morgan fingerprint density at radius 2 is 1.55 bits per heavy atom. The zero-order valence-electron chi connectivity index (χ0n) is 17.2. The second-order valence-corrected chi connectivity index (χ2v) is 8.99. The first-order valence-corrected chi connectivity index (χ1v) is 11.7. The number of ether oxygens (including phenoxy) is 1. The number of hydrogen-bond donors (Lipinski definition) is 1. The molecule has 5 rings (SSSR count). The van der Waals surface area contributed by atoms with Gasteiger partial charge >= 0.3 is 0 Å². The normalized spacial score (nSPS) is 10.7. The van der Waals surface area contributed by atoms with Crippen LogP contribution in [0.25, 0.3) is 21.8 Å². The minimum atomic E-state index is -0.314. The number of rotatable bonds is 6. The van der Waals surface area contributed by atoms with Crippen molar-refractivity contribution in [1.82, 2.24) is 4.98 Å². The largest absolute Gasteiger partial charge is 0.459 e. The van der Waals surface area contributed by atoms with Gasteiger partial charge in [0, 0.05) is 15.6 Å². The fraction of sp³-hybridized carbons (Fsp3) is 0. The molecule has 0 unspecified atom stereocenters. The Bertz CT molecular complexity index is 1360. The van der Waals surface area contributed by atoms with E-state index in [4.69, 9.17) is 14.1 Å². The highest BCUT2D eigenvalue weighted by molar-refractivity contribution is 9.10. The van der Waals surface area contributed by atoms with Gasteiger partial charge in [-0.05, 0) is 60.7 Å². The SMILES string of the molecule is O=C(Nc1sc(-c2ccc(Oc3ccc(Br)cc3)cc2)nc1-c1ccccc1)c1ccco1. The van der Waals surface area contributed by atoms with E-state index < -0.39 is 0 Å². The van der Waals surface area contributed by atoms with Crippen molar-refractivity contribution in [2.45, 2.75) is 0 Å². The molecule has 33 heavy (non-hydrogen) atoms. The maximum absolute atomic E-state index is 12.6. The molecule has 3 aromatic carbocycles. The topological polar surface area (TPSA) is 64.4 Å². The summed E-state index contributed by atoms with van der Waals surface area (Å²) >= 11 is 4.84. The van der Waals surface area contributed by atoms with Crippen LogP contribution in [0.5, 0.6) is 11.5 Å². The van der Waals surface area contributed by atoms with E-state index in [0.717, 1.165) is 32.1 Å². The highest BCUT2D eigenvalue weighted by Gasteiger charge is 2.18. The fourth-order valence-corrected chi connectivity index (χ4v) is 4.45. The summed E-state index contributed by atoms with van der Waals surface area (Å²) in [6.45, 7) is 0. The predicted octanol–water partition coefficient (Wildman–Crippen LogP) is 7.88. The van der Waals surface area contributed by atoms with Crippen molar-refractivity contribution in [3.8, 4) is 33.3 Å². The first-order valence-electron chi connectivity index (χ1n) is 10.1. The summed E-state index contributed by atoms with van der Waals surface area (Å²) in [6.07, 6.45) is 1.48. The Labute approximate surface area is 202 Å². The van der Waals surface area contributed by atoms with E-state index in [1.165, 1.54) is 17.6 Å². The average Bonchev–Trinajstić information content (AvgIpc) is 3.52. The van der Waals surface area contributed by atoms with Gasteiger partial charge in [-0.15, -0.1) is 0 Å².